The van der Waals surface area contributed by atoms with Crippen LogP contribution in [0, 0.1) is 0 Å². The van der Waals surface area contributed by atoms with Crippen LogP contribution >= 0.6 is 0 Å². The average Bonchev–Trinajstić information content (AvgIpc) is 2.81. The van der Waals surface area contributed by atoms with Crippen LogP contribution in [-0.4, -0.2) is 56.6 Å². The van der Waals surface area contributed by atoms with Gasteiger partial charge in [-0.2, -0.15) is 0 Å². The molecule has 0 radical (unpaired) electrons. The Kier molecular flexibility index (Phi) is 7.80. The fourth-order valence-electron chi connectivity index (χ4n) is 3.49. The van der Waals surface area contributed by atoms with Crippen molar-refractivity contribution in [2.75, 3.05) is 13.6 Å². The molecule has 2 amide bonds. The summed E-state index contributed by atoms with van der Waals surface area (Å²) in [4.78, 5) is 32.4. The van der Waals surface area contributed by atoms with Crippen molar-refractivity contribution in [3.05, 3.63) is 95.8 Å². The minimum absolute atomic E-state index is 0.0683. The first kappa shape index (κ1) is 22.8. The molecular weight excluding hydrogens is 406 g/mol. The molecule has 0 unspecified atom stereocenters. The highest BCUT2D eigenvalue weighted by molar-refractivity contribution is 5.85. The molecule has 2 aromatic carbocycles. The van der Waals surface area contributed by atoms with Gasteiger partial charge in [0.05, 0.1) is 0 Å². The van der Waals surface area contributed by atoms with Gasteiger partial charge in [-0.25, -0.2) is 4.79 Å². The number of carbonyl (C=O) groups excluding carboxylic acids is 1. The Balaban J connectivity index is 1.82. The predicted octanol–water partition coefficient (Wildman–Crippen LogP) is 3.58. The molecule has 166 valence electrons. The molecule has 3 rings (SSSR count). The molecule has 0 aliphatic carbocycles. The highest BCUT2D eigenvalue weighted by Crippen LogP contribution is 2.18. The number of phenols is 1. The smallest absolute Gasteiger partial charge is 0.408 e. The number of carboxylic acid groups (broad SMARTS) is 1. The van der Waals surface area contributed by atoms with E-state index in [2.05, 4.69) is 4.98 Å². The van der Waals surface area contributed by atoms with Crippen LogP contribution < -0.4 is 0 Å². The number of pyridine rings is 1. The lowest BCUT2D eigenvalue weighted by molar-refractivity contribution is -0.135. The number of aromatic hydroxyl groups is 1. The summed E-state index contributed by atoms with van der Waals surface area (Å²) in [5.74, 6) is -0.158. The third-order valence-corrected chi connectivity index (χ3v) is 5.33. The molecule has 0 aliphatic heterocycles. The quantitative estimate of drug-likeness (QED) is 0.538. The Morgan fingerprint density at radius 1 is 0.906 bits per heavy atom. The summed E-state index contributed by atoms with van der Waals surface area (Å²) in [5, 5.41) is 19.5. The van der Waals surface area contributed by atoms with Crippen molar-refractivity contribution >= 4 is 12.0 Å². The van der Waals surface area contributed by atoms with E-state index in [1.54, 1.807) is 48.6 Å². The minimum atomic E-state index is -1.17. The fraction of sp³-hybridized carbons (Fsp3) is 0.240. The molecule has 7 nitrogen and oxygen atoms in total. The number of aromatic nitrogens is 1. The average molecular weight is 434 g/mol. The lowest BCUT2D eigenvalue weighted by Crippen LogP contribution is -2.50. The molecule has 0 spiro atoms. The zero-order valence-corrected chi connectivity index (χ0v) is 18.0. The molecule has 1 atom stereocenters. The van der Waals surface area contributed by atoms with E-state index in [1.807, 2.05) is 30.3 Å². The predicted molar refractivity (Wildman–Crippen MR) is 121 cm³/mol. The molecule has 3 aromatic rings. The number of rotatable bonds is 9. The molecule has 32 heavy (non-hydrogen) atoms. The summed E-state index contributed by atoms with van der Waals surface area (Å²) < 4.78 is 0. The van der Waals surface area contributed by atoms with E-state index in [9.17, 15) is 19.8 Å². The molecule has 0 fully saturated rings. The van der Waals surface area contributed by atoms with Crippen molar-refractivity contribution in [2.45, 2.75) is 25.4 Å². The van der Waals surface area contributed by atoms with Gasteiger partial charge in [0.1, 0.15) is 11.8 Å². The van der Waals surface area contributed by atoms with Crippen LogP contribution in [0.1, 0.15) is 16.7 Å². The number of hydrogen-bond acceptors (Lipinski definition) is 4. The van der Waals surface area contributed by atoms with Gasteiger partial charge in [-0.15, -0.1) is 0 Å². The second kappa shape index (κ2) is 10.9. The zero-order valence-electron chi connectivity index (χ0n) is 18.0. The van der Waals surface area contributed by atoms with Gasteiger partial charge in [-0.05, 0) is 47.4 Å². The number of benzene rings is 2. The highest BCUT2D eigenvalue weighted by Gasteiger charge is 2.32. The lowest BCUT2D eigenvalue weighted by Gasteiger charge is -2.32. The first-order chi connectivity index (χ1) is 15.4. The highest BCUT2D eigenvalue weighted by atomic mass is 16.4. The van der Waals surface area contributed by atoms with Crippen molar-refractivity contribution < 1.29 is 19.8 Å². The zero-order chi connectivity index (χ0) is 22.9. The van der Waals surface area contributed by atoms with Gasteiger partial charge < -0.3 is 15.1 Å². The molecule has 0 saturated carbocycles. The number of hydrogen-bond donors (Lipinski definition) is 2. The van der Waals surface area contributed by atoms with Gasteiger partial charge in [-0.3, -0.25) is 14.7 Å². The Morgan fingerprint density at radius 3 is 2.19 bits per heavy atom. The van der Waals surface area contributed by atoms with E-state index in [4.69, 9.17) is 0 Å². The summed E-state index contributed by atoms with van der Waals surface area (Å²) in [6.45, 7) is 0.538. The van der Waals surface area contributed by atoms with Crippen molar-refractivity contribution in [3.63, 3.8) is 0 Å². The Bertz CT molecular complexity index is 1010. The normalized spacial score (nSPS) is 11.5. The van der Waals surface area contributed by atoms with E-state index >= 15 is 0 Å². The van der Waals surface area contributed by atoms with Crippen molar-refractivity contribution in [3.8, 4) is 5.75 Å². The van der Waals surface area contributed by atoms with Gasteiger partial charge in [0.2, 0.25) is 5.91 Å². The van der Waals surface area contributed by atoms with E-state index < -0.39 is 12.1 Å². The summed E-state index contributed by atoms with van der Waals surface area (Å²) in [5.41, 5.74) is 2.62. The van der Waals surface area contributed by atoms with E-state index in [-0.39, 0.29) is 24.6 Å². The summed E-state index contributed by atoms with van der Waals surface area (Å²) in [6.07, 6.45) is 2.89. The maximum absolute atomic E-state index is 13.4. The third-order valence-electron chi connectivity index (χ3n) is 5.33. The van der Waals surface area contributed by atoms with Crippen molar-refractivity contribution in [1.82, 2.24) is 14.8 Å². The maximum atomic E-state index is 13.4. The Hall–Kier alpha value is -3.87. The standard InChI is InChI=1S/C25H27N3O4/c1-27(16-13-19-5-3-2-4-6-19)24(30)23(17-20-7-9-22(29)10-8-20)28(25(31)32)18-21-11-14-26-15-12-21/h2-12,14-15,23,29H,13,16-18H2,1H3,(H,31,32)/t23-/m0/s1. The van der Waals surface area contributed by atoms with Gasteiger partial charge in [0.25, 0.3) is 0 Å². The molecule has 1 heterocycles. The van der Waals surface area contributed by atoms with Gasteiger partial charge >= 0.3 is 6.09 Å². The van der Waals surface area contributed by atoms with Gasteiger partial charge in [0.15, 0.2) is 0 Å². The molecule has 1 aromatic heterocycles. The number of amides is 2. The van der Waals surface area contributed by atoms with Gasteiger partial charge in [0, 0.05) is 39.0 Å². The molecule has 0 bridgehead atoms. The SMILES string of the molecule is CN(CCc1ccccc1)C(=O)[C@H](Cc1ccc(O)cc1)N(Cc1ccncc1)C(=O)O. The first-order valence-corrected chi connectivity index (χ1v) is 10.4. The monoisotopic (exact) mass is 433 g/mol. The second-order valence-electron chi connectivity index (χ2n) is 7.65. The summed E-state index contributed by atoms with van der Waals surface area (Å²) in [6, 6.07) is 18.9. The Labute approximate surface area is 187 Å². The number of likely N-dealkylation sites (N-methyl/N-ethyl adjacent to an activating group) is 1. The minimum Gasteiger partial charge on any atom is -0.508 e. The maximum Gasteiger partial charge on any atom is 0.408 e. The van der Waals surface area contributed by atoms with Crippen LogP contribution in [0.3, 0.4) is 0 Å². The molecule has 7 heteroatoms. The molecule has 0 aliphatic rings. The summed E-state index contributed by atoms with van der Waals surface area (Å²) >= 11 is 0. The van der Waals surface area contributed by atoms with Crippen molar-refractivity contribution in [1.29, 1.82) is 0 Å². The van der Waals surface area contributed by atoms with Gasteiger partial charge in [-0.1, -0.05) is 42.5 Å². The molecular formula is C25H27N3O4. The lowest BCUT2D eigenvalue weighted by atomic mass is 10.0. The van der Waals surface area contributed by atoms with Crippen LogP contribution in [0.5, 0.6) is 5.75 Å². The van der Waals surface area contributed by atoms with Crippen LogP contribution in [-0.2, 0) is 24.2 Å². The number of phenolic OH excluding ortho intramolecular Hbond substituents is 1. The topological polar surface area (TPSA) is 94.0 Å². The number of nitrogens with zero attached hydrogens (tertiary/aromatic N) is 3. The third kappa shape index (κ3) is 6.31. The molecule has 0 saturated heterocycles. The molecule has 2 N–H and O–H groups in total. The van der Waals surface area contributed by atoms with Crippen LogP contribution in [0.25, 0.3) is 0 Å². The summed E-state index contributed by atoms with van der Waals surface area (Å²) in [7, 11) is 1.70. The van der Waals surface area contributed by atoms with E-state index in [1.165, 1.54) is 17.0 Å². The largest absolute Gasteiger partial charge is 0.508 e. The van der Waals surface area contributed by atoms with Crippen LogP contribution in [0.2, 0.25) is 0 Å². The number of carbonyl (C=O) groups is 2. The first-order valence-electron chi connectivity index (χ1n) is 10.4. The fourth-order valence-corrected chi connectivity index (χ4v) is 3.49. The van der Waals surface area contributed by atoms with E-state index in [0.29, 0.717) is 13.0 Å². The van der Waals surface area contributed by atoms with E-state index in [0.717, 1.165) is 16.7 Å². The second-order valence-corrected chi connectivity index (χ2v) is 7.65. The van der Waals surface area contributed by atoms with Crippen LogP contribution in [0.4, 0.5) is 4.79 Å². The van der Waals surface area contributed by atoms with Crippen LogP contribution in [0.15, 0.2) is 79.1 Å². The Morgan fingerprint density at radius 2 is 1.56 bits per heavy atom. The van der Waals surface area contributed by atoms with Crippen molar-refractivity contribution in [2.24, 2.45) is 0 Å².